The molecule has 4 heteroatoms. The summed E-state index contributed by atoms with van der Waals surface area (Å²) in [6.07, 6.45) is 0. The summed E-state index contributed by atoms with van der Waals surface area (Å²) in [6.45, 7) is 6.39. The lowest BCUT2D eigenvalue weighted by Gasteiger charge is -2.03. The molecule has 0 aliphatic heterocycles. The average Bonchev–Trinajstić information content (AvgIpc) is 2.37. The summed E-state index contributed by atoms with van der Waals surface area (Å²) in [7, 11) is 0. The van der Waals surface area contributed by atoms with E-state index in [1.165, 1.54) is 6.92 Å². The Morgan fingerprint density at radius 1 is 0.889 bits per heavy atom. The molecular formula is C14H18O4. The van der Waals surface area contributed by atoms with Crippen LogP contribution in [0.4, 0.5) is 0 Å². The summed E-state index contributed by atoms with van der Waals surface area (Å²) in [5, 5.41) is 0. The number of hydrogen-bond acceptors (Lipinski definition) is 4. The molecule has 0 aliphatic rings. The Labute approximate surface area is 107 Å². The van der Waals surface area contributed by atoms with E-state index in [1.807, 2.05) is 36.4 Å². The number of carbonyl (C=O) groups is 2. The molecule has 0 saturated heterocycles. The molecule has 0 atom stereocenters. The summed E-state index contributed by atoms with van der Waals surface area (Å²) in [5.41, 5.74) is 0.331. The minimum absolute atomic E-state index is 0.0747. The van der Waals surface area contributed by atoms with E-state index in [-0.39, 0.29) is 19.2 Å². The quantitative estimate of drug-likeness (QED) is 0.467. The molecule has 0 radical (unpaired) electrons. The van der Waals surface area contributed by atoms with Crippen molar-refractivity contribution in [3.8, 4) is 0 Å². The van der Waals surface area contributed by atoms with Crippen molar-refractivity contribution in [3.05, 3.63) is 48.6 Å². The van der Waals surface area contributed by atoms with Gasteiger partial charge in [0.2, 0.25) is 0 Å². The van der Waals surface area contributed by atoms with Gasteiger partial charge in [-0.3, -0.25) is 4.79 Å². The van der Waals surface area contributed by atoms with Crippen LogP contribution in [0.15, 0.2) is 48.6 Å². The van der Waals surface area contributed by atoms with Crippen molar-refractivity contribution in [2.24, 2.45) is 0 Å². The van der Waals surface area contributed by atoms with Gasteiger partial charge in [0.15, 0.2) is 0 Å². The second-order valence-electron chi connectivity index (χ2n) is 3.41. The van der Waals surface area contributed by atoms with E-state index in [9.17, 15) is 9.59 Å². The molecule has 0 amide bonds. The molecule has 1 aromatic rings. The predicted molar refractivity (Wildman–Crippen MR) is 68.8 cm³/mol. The van der Waals surface area contributed by atoms with Crippen molar-refractivity contribution in [1.29, 1.82) is 0 Å². The fourth-order valence-electron chi connectivity index (χ4n) is 0.828. The normalized spacial score (nSPS) is 8.56. The fourth-order valence-corrected chi connectivity index (χ4v) is 0.828. The first-order valence-electron chi connectivity index (χ1n) is 5.50. The monoisotopic (exact) mass is 250 g/mol. The van der Waals surface area contributed by atoms with E-state index < -0.39 is 5.97 Å². The van der Waals surface area contributed by atoms with Crippen molar-refractivity contribution in [1.82, 2.24) is 0 Å². The van der Waals surface area contributed by atoms with Gasteiger partial charge < -0.3 is 9.47 Å². The molecule has 1 rings (SSSR count). The molecule has 0 aliphatic carbocycles. The van der Waals surface area contributed by atoms with Gasteiger partial charge in [-0.05, 0) is 6.92 Å². The molecule has 4 nitrogen and oxygen atoms in total. The molecule has 0 unspecified atom stereocenters. The van der Waals surface area contributed by atoms with E-state index in [0.717, 1.165) is 0 Å². The molecule has 0 N–H and O–H groups in total. The lowest BCUT2D eigenvalue weighted by atomic mass is 10.4. The lowest BCUT2D eigenvalue weighted by molar-refractivity contribution is -0.148. The van der Waals surface area contributed by atoms with Crippen LogP contribution in [-0.2, 0) is 19.1 Å². The van der Waals surface area contributed by atoms with E-state index in [0.29, 0.717) is 5.57 Å². The van der Waals surface area contributed by atoms with Crippen LogP contribution in [0.5, 0.6) is 0 Å². The number of esters is 2. The highest BCUT2D eigenvalue weighted by Gasteiger charge is 2.02. The third-order valence-electron chi connectivity index (χ3n) is 1.64. The zero-order valence-electron chi connectivity index (χ0n) is 10.7. The van der Waals surface area contributed by atoms with Crippen LogP contribution in [0.1, 0.15) is 13.8 Å². The van der Waals surface area contributed by atoms with Crippen LogP contribution in [-0.4, -0.2) is 25.2 Å². The smallest absolute Gasteiger partial charge is 0.333 e. The number of carbonyl (C=O) groups excluding carboxylic acids is 2. The highest BCUT2D eigenvalue weighted by molar-refractivity contribution is 5.86. The molecule has 0 aromatic heterocycles. The highest BCUT2D eigenvalue weighted by Crippen LogP contribution is 1.91. The summed E-state index contributed by atoms with van der Waals surface area (Å²) < 4.78 is 9.16. The van der Waals surface area contributed by atoms with Gasteiger partial charge in [-0.2, -0.15) is 0 Å². The first-order valence-corrected chi connectivity index (χ1v) is 5.50. The first-order chi connectivity index (χ1) is 8.54. The van der Waals surface area contributed by atoms with Crippen LogP contribution in [0.2, 0.25) is 0 Å². The number of ether oxygens (including phenoxy) is 2. The Morgan fingerprint density at radius 3 is 1.61 bits per heavy atom. The maximum Gasteiger partial charge on any atom is 0.333 e. The molecule has 0 bridgehead atoms. The van der Waals surface area contributed by atoms with Crippen LogP contribution < -0.4 is 0 Å². The third-order valence-corrected chi connectivity index (χ3v) is 1.64. The largest absolute Gasteiger partial charge is 0.462 e. The van der Waals surface area contributed by atoms with Gasteiger partial charge in [-0.1, -0.05) is 43.0 Å². The molecular weight excluding hydrogens is 232 g/mol. The van der Waals surface area contributed by atoms with Gasteiger partial charge >= 0.3 is 11.9 Å². The zero-order valence-corrected chi connectivity index (χ0v) is 10.7. The van der Waals surface area contributed by atoms with E-state index in [2.05, 4.69) is 16.1 Å². The minimum atomic E-state index is -0.470. The van der Waals surface area contributed by atoms with Crippen LogP contribution in [0, 0.1) is 0 Å². The van der Waals surface area contributed by atoms with Gasteiger partial charge in [0, 0.05) is 12.5 Å². The molecule has 0 heterocycles. The van der Waals surface area contributed by atoms with E-state index in [1.54, 1.807) is 6.92 Å². The zero-order chi connectivity index (χ0) is 13.8. The number of hydrogen-bond donors (Lipinski definition) is 0. The molecule has 98 valence electrons. The Kier molecular flexibility index (Phi) is 8.90. The summed E-state index contributed by atoms with van der Waals surface area (Å²) in [6, 6.07) is 12.0. The Bertz CT molecular complexity index is 344. The Hall–Kier alpha value is -2.10. The van der Waals surface area contributed by atoms with Gasteiger partial charge in [0.1, 0.15) is 13.2 Å². The summed E-state index contributed by atoms with van der Waals surface area (Å²) in [4.78, 5) is 21.0. The van der Waals surface area contributed by atoms with Crippen molar-refractivity contribution < 1.29 is 19.1 Å². The maximum atomic E-state index is 10.7. The van der Waals surface area contributed by atoms with Gasteiger partial charge in [0.25, 0.3) is 0 Å². The SMILES string of the molecule is C=C(C)C(=O)OCCOC(C)=O.c1ccccc1. The second-order valence-corrected chi connectivity index (χ2v) is 3.41. The summed E-state index contributed by atoms with van der Waals surface area (Å²) >= 11 is 0. The molecule has 18 heavy (non-hydrogen) atoms. The first kappa shape index (κ1) is 15.9. The summed E-state index contributed by atoms with van der Waals surface area (Å²) in [5.74, 6) is -0.858. The third kappa shape index (κ3) is 10.4. The lowest BCUT2D eigenvalue weighted by Crippen LogP contribution is -2.12. The van der Waals surface area contributed by atoms with Crippen LogP contribution >= 0.6 is 0 Å². The van der Waals surface area contributed by atoms with E-state index >= 15 is 0 Å². The molecule has 0 fully saturated rings. The maximum absolute atomic E-state index is 10.7. The van der Waals surface area contributed by atoms with Crippen molar-refractivity contribution in [2.45, 2.75) is 13.8 Å². The van der Waals surface area contributed by atoms with E-state index in [4.69, 9.17) is 0 Å². The molecule has 1 aromatic carbocycles. The minimum Gasteiger partial charge on any atom is -0.462 e. The topological polar surface area (TPSA) is 52.6 Å². The standard InChI is InChI=1S/C8H12O4.C6H6/c1-6(2)8(10)12-5-4-11-7(3)9;1-2-4-6-5-3-1/h1,4-5H2,2-3H3;1-6H. The Morgan fingerprint density at radius 2 is 1.28 bits per heavy atom. The van der Waals surface area contributed by atoms with Crippen molar-refractivity contribution in [3.63, 3.8) is 0 Å². The van der Waals surface area contributed by atoms with Crippen LogP contribution in [0.25, 0.3) is 0 Å². The molecule has 0 saturated carbocycles. The van der Waals surface area contributed by atoms with Crippen molar-refractivity contribution >= 4 is 11.9 Å². The van der Waals surface area contributed by atoms with Crippen molar-refractivity contribution in [2.75, 3.05) is 13.2 Å². The van der Waals surface area contributed by atoms with Gasteiger partial charge in [-0.15, -0.1) is 0 Å². The fraction of sp³-hybridized carbons (Fsp3) is 0.286. The average molecular weight is 250 g/mol. The highest BCUT2D eigenvalue weighted by atomic mass is 16.6. The van der Waals surface area contributed by atoms with Gasteiger partial charge in [-0.25, -0.2) is 4.79 Å². The van der Waals surface area contributed by atoms with Crippen LogP contribution in [0.3, 0.4) is 0 Å². The number of rotatable bonds is 4. The van der Waals surface area contributed by atoms with Gasteiger partial charge in [0.05, 0.1) is 0 Å². The number of benzene rings is 1. The predicted octanol–water partition coefficient (Wildman–Crippen LogP) is 2.36. The second kappa shape index (κ2) is 10.1. The molecule has 0 spiro atoms. The Balaban J connectivity index is 0.000000397.